The van der Waals surface area contributed by atoms with Crippen LogP contribution in [0.15, 0.2) is 22.0 Å². The molecule has 0 aliphatic heterocycles. The second-order valence-electron chi connectivity index (χ2n) is 3.77. The zero-order valence-electron chi connectivity index (χ0n) is 9.11. The third kappa shape index (κ3) is 2.58. The molecule has 0 amide bonds. The van der Waals surface area contributed by atoms with Gasteiger partial charge in [0.05, 0.1) is 9.16 Å². The highest BCUT2D eigenvalue weighted by atomic mass is 79.9. The van der Waals surface area contributed by atoms with Crippen LogP contribution in [0.25, 0.3) is 0 Å². The van der Waals surface area contributed by atoms with Crippen molar-refractivity contribution in [1.29, 1.82) is 0 Å². The molecule has 0 aliphatic rings. The van der Waals surface area contributed by atoms with Gasteiger partial charge in [0.25, 0.3) is 0 Å². The molecule has 0 saturated heterocycles. The summed E-state index contributed by atoms with van der Waals surface area (Å²) in [5.41, 5.74) is 1.19. The number of aryl methyl sites for hydroxylation is 1. The zero-order valence-corrected chi connectivity index (χ0v) is 12.3. The van der Waals surface area contributed by atoms with Crippen LogP contribution < -0.4 is 0 Å². The molecule has 6 heteroatoms. The minimum absolute atomic E-state index is 0.196. The third-order valence-corrected chi connectivity index (χ3v) is 5.24. The first-order valence-corrected chi connectivity index (χ1v) is 6.99. The fraction of sp³-hybridized carbons (Fsp3) is 0.167. The lowest BCUT2D eigenvalue weighted by molar-refractivity contribution is 0.445. The second-order valence-corrected chi connectivity index (χ2v) is 6.60. The topological polar surface area (TPSA) is 0 Å². The maximum atomic E-state index is 13.1. The monoisotopic (exact) mass is 354 g/mol. The van der Waals surface area contributed by atoms with Crippen molar-refractivity contribution < 1.29 is 13.2 Å². The van der Waals surface area contributed by atoms with Crippen LogP contribution in [-0.4, -0.2) is 0 Å². The van der Waals surface area contributed by atoms with Crippen molar-refractivity contribution in [2.75, 3.05) is 0 Å². The number of hydrogen-bond donors (Lipinski definition) is 0. The molecule has 1 aromatic heterocycles. The van der Waals surface area contributed by atoms with Gasteiger partial charge in [0, 0.05) is 4.88 Å². The van der Waals surface area contributed by atoms with Crippen LogP contribution in [0.1, 0.15) is 21.4 Å². The van der Waals surface area contributed by atoms with Gasteiger partial charge in [-0.05, 0) is 52.2 Å². The normalized spacial score (nSPS) is 12.8. The fourth-order valence-corrected chi connectivity index (χ4v) is 3.39. The highest BCUT2D eigenvalue weighted by molar-refractivity contribution is 9.11. The highest BCUT2D eigenvalue weighted by Gasteiger charge is 2.19. The summed E-state index contributed by atoms with van der Waals surface area (Å²) in [5, 5.41) is -0.704. The van der Waals surface area contributed by atoms with E-state index in [9.17, 15) is 13.2 Å². The van der Waals surface area contributed by atoms with Crippen LogP contribution in [-0.2, 0) is 0 Å². The lowest BCUT2D eigenvalue weighted by Crippen LogP contribution is -1.97. The number of rotatable bonds is 2. The van der Waals surface area contributed by atoms with Gasteiger partial charge in [0.2, 0.25) is 0 Å². The average molecular weight is 356 g/mol. The molecule has 2 aromatic rings. The summed E-state index contributed by atoms with van der Waals surface area (Å²) >= 11 is 10.9. The molecule has 0 radical (unpaired) electrons. The number of thiophene rings is 1. The molecule has 0 nitrogen and oxygen atoms in total. The Morgan fingerprint density at radius 1 is 1.17 bits per heavy atom. The Labute approximate surface area is 120 Å². The third-order valence-electron chi connectivity index (χ3n) is 2.42. The number of halogens is 5. The summed E-state index contributed by atoms with van der Waals surface area (Å²) < 4.78 is 40.0. The van der Waals surface area contributed by atoms with Crippen LogP contribution in [0, 0.1) is 24.4 Å². The van der Waals surface area contributed by atoms with Gasteiger partial charge in [0.1, 0.15) is 0 Å². The van der Waals surface area contributed by atoms with Gasteiger partial charge < -0.3 is 0 Å². The quantitative estimate of drug-likeness (QED) is 0.488. The largest absolute Gasteiger partial charge is 0.204 e. The molecular weight excluding hydrogens is 349 g/mol. The molecule has 1 atom stereocenters. The maximum absolute atomic E-state index is 13.1. The molecule has 96 valence electrons. The van der Waals surface area contributed by atoms with Gasteiger partial charge in [0.15, 0.2) is 17.5 Å². The molecule has 0 bridgehead atoms. The highest BCUT2D eigenvalue weighted by Crippen LogP contribution is 2.38. The molecule has 0 aliphatic carbocycles. The first kappa shape index (κ1) is 13.9. The van der Waals surface area contributed by atoms with Gasteiger partial charge in [-0.3, -0.25) is 0 Å². The van der Waals surface area contributed by atoms with Crippen molar-refractivity contribution in [1.82, 2.24) is 0 Å². The van der Waals surface area contributed by atoms with E-state index < -0.39 is 22.8 Å². The van der Waals surface area contributed by atoms with Gasteiger partial charge in [-0.25, -0.2) is 13.2 Å². The van der Waals surface area contributed by atoms with Gasteiger partial charge in [-0.2, -0.15) is 0 Å². The molecule has 0 N–H and O–H groups in total. The van der Waals surface area contributed by atoms with Crippen molar-refractivity contribution in [3.8, 4) is 0 Å². The molecule has 0 saturated carbocycles. The lowest BCUT2D eigenvalue weighted by Gasteiger charge is -2.08. The number of benzene rings is 1. The first-order valence-electron chi connectivity index (χ1n) is 4.94. The standard InChI is InChI=1S/C12H7BrClF3S/c1-5-2-9(18-12(5)13)10(14)6-3-7(15)11(17)8(16)4-6/h2-4,10H,1H3. The second kappa shape index (κ2) is 5.23. The molecular formula is C12H7BrClF3S. The maximum Gasteiger partial charge on any atom is 0.194 e. The summed E-state index contributed by atoms with van der Waals surface area (Å²) in [6.07, 6.45) is 0. The van der Waals surface area contributed by atoms with Crippen LogP contribution in [0.4, 0.5) is 13.2 Å². The summed E-state index contributed by atoms with van der Waals surface area (Å²) in [5.74, 6) is -3.95. The molecule has 0 fully saturated rings. The minimum atomic E-state index is -1.48. The molecule has 18 heavy (non-hydrogen) atoms. The lowest BCUT2D eigenvalue weighted by atomic mass is 10.1. The predicted molar refractivity (Wildman–Crippen MR) is 70.8 cm³/mol. The van der Waals surface area contributed by atoms with E-state index in [0.29, 0.717) is 0 Å². The molecule has 0 spiro atoms. The van der Waals surface area contributed by atoms with E-state index in [1.54, 1.807) is 0 Å². The van der Waals surface area contributed by atoms with Gasteiger partial charge >= 0.3 is 0 Å². The SMILES string of the molecule is Cc1cc(C(Cl)c2cc(F)c(F)c(F)c2)sc1Br. The van der Waals surface area contributed by atoms with Crippen molar-refractivity contribution in [3.63, 3.8) is 0 Å². The van der Waals surface area contributed by atoms with Gasteiger partial charge in [-0.1, -0.05) is 0 Å². The smallest absolute Gasteiger partial charge is 0.194 e. The molecule has 1 aromatic carbocycles. The minimum Gasteiger partial charge on any atom is -0.204 e. The summed E-state index contributed by atoms with van der Waals surface area (Å²) in [7, 11) is 0. The van der Waals surface area contributed by atoms with E-state index in [-0.39, 0.29) is 5.56 Å². The molecule has 1 unspecified atom stereocenters. The Hall–Kier alpha value is -0.520. The van der Waals surface area contributed by atoms with Gasteiger partial charge in [-0.15, -0.1) is 22.9 Å². The Bertz CT molecular complexity index is 554. The summed E-state index contributed by atoms with van der Waals surface area (Å²) in [6.45, 7) is 1.89. The van der Waals surface area contributed by atoms with E-state index in [1.165, 1.54) is 11.3 Å². The first-order chi connectivity index (χ1) is 8.40. The Morgan fingerprint density at radius 3 is 2.17 bits per heavy atom. The van der Waals surface area contributed by atoms with Crippen molar-refractivity contribution >= 4 is 38.9 Å². The summed E-state index contributed by atoms with van der Waals surface area (Å²) in [4.78, 5) is 0.742. The van der Waals surface area contributed by atoms with Crippen molar-refractivity contribution in [3.05, 3.63) is 55.4 Å². The molecule has 2 rings (SSSR count). The van der Waals surface area contributed by atoms with Crippen LogP contribution in [0.5, 0.6) is 0 Å². The Morgan fingerprint density at radius 2 is 1.72 bits per heavy atom. The Kier molecular flexibility index (Phi) is 4.04. The van der Waals surface area contributed by atoms with E-state index in [0.717, 1.165) is 26.4 Å². The van der Waals surface area contributed by atoms with E-state index in [1.807, 2.05) is 13.0 Å². The Balaban J connectivity index is 2.42. The van der Waals surface area contributed by atoms with Crippen LogP contribution >= 0.6 is 38.9 Å². The van der Waals surface area contributed by atoms with Crippen LogP contribution in [0.2, 0.25) is 0 Å². The average Bonchev–Trinajstić information content (AvgIpc) is 2.65. The summed E-state index contributed by atoms with van der Waals surface area (Å²) in [6, 6.07) is 3.66. The molecule has 1 heterocycles. The van der Waals surface area contributed by atoms with Crippen molar-refractivity contribution in [2.45, 2.75) is 12.3 Å². The fourth-order valence-electron chi connectivity index (χ4n) is 1.49. The van der Waals surface area contributed by atoms with E-state index in [2.05, 4.69) is 15.9 Å². The predicted octanol–water partition coefficient (Wildman–Crippen LogP) is 5.56. The van der Waals surface area contributed by atoms with Crippen molar-refractivity contribution in [2.24, 2.45) is 0 Å². The van der Waals surface area contributed by atoms with E-state index in [4.69, 9.17) is 11.6 Å². The van der Waals surface area contributed by atoms with Crippen LogP contribution in [0.3, 0.4) is 0 Å². The zero-order chi connectivity index (χ0) is 13.4. The van der Waals surface area contributed by atoms with E-state index >= 15 is 0 Å². The number of alkyl halides is 1. The number of hydrogen-bond acceptors (Lipinski definition) is 1.